The van der Waals surface area contributed by atoms with Gasteiger partial charge in [-0.25, -0.2) is 8.42 Å². The highest BCUT2D eigenvalue weighted by atomic mass is 32.2. The Balaban J connectivity index is 5.56. The summed E-state index contributed by atoms with van der Waals surface area (Å²) in [7, 11) is -3.68. The average Bonchev–Trinajstić information content (AvgIpc) is 2.44. The van der Waals surface area contributed by atoms with Gasteiger partial charge in [-0.15, -0.1) is 0 Å². The highest BCUT2D eigenvalue weighted by Crippen LogP contribution is 2.22. The molecule has 130 valence electrons. The molecule has 0 fully saturated rings. The molecule has 4 N–H and O–H groups in total. The standard InChI is InChI=1S/C15H30N2O4S/c1-5-8-12(9-6-2)22(20,21)10-15(17,14(16)19)13(18)11(4)7-3/h11-12H,5-10,17H2,1-4H3,(H2,16,19)/t11?,15-/m0/s1. The normalized spacial score (nSPS) is 16.3. The van der Waals surface area contributed by atoms with Crippen LogP contribution >= 0.6 is 0 Å². The minimum atomic E-state index is -3.68. The Labute approximate surface area is 133 Å². The van der Waals surface area contributed by atoms with Gasteiger partial charge >= 0.3 is 0 Å². The molecule has 0 bridgehead atoms. The molecule has 1 amide bonds. The quantitative estimate of drug-likeness (QED) is 0.549. The minimum Gasteiger partial charge on any atom is -0.368 e. The molecule has 0 aromatic rings. The third-order valence-electron chi connectivity index (χ3n) is 4.10. The largest absolute Gasteiger partial charge is 0.368 e. The van der Waals surface area contributed by atoms with Crippen LogP contribution in [0.15, 0.2) is 0 Å². The van der Waals surface area contributed by atoms with Crippen molar-refractivity contribution in [2.24, 2.45) is 17.4 Å². The third kappa shape index (κ3) is 5.05. The number of carbonyl (C=O) groups excluding carboxylic acids is 2. The van der Waals surface area contributed by atoms with Gasteiger partial charge in [-0.05, 0) is 19.3 Å². The summed E-state index contributed by atoms with van der Waals surface area (Å²) in [5.74, 6) is -2.89. The van der Waals surface area contributed by atoms with Crippen LogP contribution in [0.1, 0.15) is 59.8 Å². The van der Waals surface area contributed by atoms with Crippen LogP contribution in [0.2, 0.25) is 0 Å². The second-order valence-corrected chi connectivity index (χ2v) is 8.30. The average molecular weight is 334 g/mol. The van der Waals surface area contributed by atoms with Gasteiger partial charge in [0.15, 0.2) is 21.2 Å². The van der Waals surface area contributed by atoms with Crippen LogP contribution in [0, 0.1) is 5.92 Å². The van der Waals surface area contributed by atoms with Crippen molar-refractivity contribution < 1.29 is 18.0 Å². The Morgan fingerprint density at radius 3 is 1.86 bits per heavy atom. The monoisotopic (exact) mass is 334 g/mol. The van der Waals surface area contributed by atoms with Crippen molar-refractivity contribution in [2.75, 3.05) is 5.75 Å². The fourth-order valence-electron chi connectivity index (χ4n) is 2.47. The van der Waals surface area contributed by atoms with E-state index >= 15 is 0 Å². The molecule has 0 aliphatic rings. The lowest BCUT2D eigenvalue weighted by atomic mass is 9.87. The Hall–Kier alpha value is -0.950. The SMILES string of the molecule is CCCC(CCC)S(=O)(=O)C[C@@](N)(C(N)=O)C(=O)C(C)CC. The van der Waals surface area contributed by atoms with Crippen LogP contribution < -0.4 is 11.5 Å². The Morgan fingerprint density at radius 1 is 1.09 bits per heavy atom. The maximum absolute atomic E-state index is 12.6. The fraction of sp³-hybridized carbons (Fsp3) is 0.867. The number of carbonyl (C=O) groups is 2. The molecule has 0 aliphatic carbocycles. The highest BCUT2D eigenvalue weighted by Gasteiger charge is 2.46. The molecule has 0 spiro atoms. The number of nitrogens with two attached hydrogens (primary N) is 2. The fourth-order valence-corrected chi connectivity index (χ4v) is 4.82. The molecule has 0 aliphatic heterocycles. The van der Waals surface area contributed by atoms with E-state index in [1.807, 2.05) is 13.8 Å². The first-order valence-electron chi connectivity index (χ1n) is 7.91. The van der Waals surface area contributed by atoms with E-state index in [4.69, 9.17) is 11.5 Å². The Bertz CT molecular complexity index is 484. The van der Waals surface area contributed by atoms with Crippen LogP contribution in [0.25, 0.3) is 0 Å². The molecule has 2 atom stereocenters. The van der Waals surface area contributed by atoms with E-state index in [1.54, 1.807) is 13.8 Å². The summed E-state index contributed by atoms with van der Waals surface area (Å²) >= 11 is 0. The van der Waals surface area contributed by atoms with Gasteiger partial charge in [0.2, 0.25) is 5.91 Å². The second kappa shape index (κ2) is 8.62. The summed E-state index contributed by atoms with van der Waals surface area (Å²) in [5, 5.41) is -0.588. The first-order chi connectivity index (χ1) is 10.1. The van der Waals surface area contributed by atoms with Gasteiger partial charge in [-0.1, -0.05) is 40.5 Å². The predicted molar refractivity (Wildman–Crippen MR) is 88.0 cm³/mol. The third-order valence-corrected chi connectivity index (χ3v) is 6.44. The summed E-state index contributed by atoms with van der Waals surface area (Å²) in [6, 6.07) is 0. The number of amides is 1. The summed E-state index contributed by atoms with van der Waals surface area (Å²) < 4.78 is 25.2. The molecule has 0 heterocycles. The molecule has 0 aromatic heterocycles. The minimum absolute atomic E-state index is 0.471. The number of hydrogen-bond acceptors (Lipinski definition) is 5. The van der Waals surface area contributed by atoms with Crippen LogP contribution in [0.3, 0.4) is 0 Å². The van der Waals surface area contributed by atoms with Crippen LogP contribution in [0.5, 0.6) is 0 Å². The van der Waals surface area contributed by atoms with Gasteiger partial charge in [-0.3, -0.25) is 9.59 Å². The summed E-state index contributed by atoms with van der Waals surface area (Å²) in [4.78, 5) is 24.1. The second-order valence-electron chi connectivity index (χ2n) is 6.02. The van der Waals surface area contributed by atoms with Crippen LogP contribution in [0.4, 0.5) is 0 Å². The molecular weight excluding hydrogens is 304 g/mol. The van der Waals surface area contributed by atoms with Crippen molar-refractivity contribution in [2.45, 2.75) is 70.6 Å². The van der Waals surface area contributed by atoms with E-state index < -0.39 is 44.0 Å². The van der Waals surface area contributed by atoms with Crippen molar-refractivity contribution in [3.8, 4) is 0 Å². The summed E-state index contributed by atoms with van der Waals surface area (Å²) in [5.41, 5.74) is 9.00. The number of ketones is 1. The topological polar surface area (TPSA) is 120 Å². The van der Waals surface area contributed by atoms with Gasteiger partial charge in [0.05, 0.1) is 11.0 Å². The van der Waals surface area contributed by atoms with Gasteiger partial charge in [0.1, 0.15) is 0 Å². The van der Waals surface area contributed by atoms with Crippen LogP contribution in [-0.2, 0) is 19.4 Å². The zero-order valence-electron chi connectivity index (χ0n) is 14.1. The molecule has 0 rings (SSSR count). The molecule has 1 unspecified atom stereocenters. The smallest absolute Gasteiger partial charge is 0.246 e. The lowest BCUT2D eigenvalue weighted by Crippen LogP contribution is -2.64. The van der Waals surface area contributed by atoms with Gasteiger partial charge in [0.25, 0.3) is 0 Å². The predicted octanol–water partition coefficient (Wildman–Crippen LogP) is 1.17. The Kier molecular flexibility index (Phi) is 8.25. The Morgan fingerprint density at radius 2 is 1.55 bits per heavy atom. The van der Waals surface area contributed by atoms with Crippen molar-refractivity contribution in [1.29, 1.82) is 0 Å². The molecule has 6 nitrogen and oxygen atoms in total. The molecular formula is C15H30N2O4S. The van der Waals surface area contributed by atoms with Gasteiger partial charge < -0.3 is 11.5 Å². The van der Waals surface area contributed by atoms with E-state index in [2.05, 4.69) is 0 Å². The molecule has 7 heteroatoms. The van der Waals surface area contributed by atoms with Crippen molar-refractivity contribution >= 4 is 21.5 Å². The number of sulfone groups is 1. The van der Waals surface area contributed by atoms with Crippen molar-refractivity contribution in [3.63, 3.8) is 0 Å². The summed E-state index contributed by atoms with van der Waals surface area (Å²) in [6.07, 6.45) is 2.86. The van der Waals surface area contributed by atoms with E-state index in [0.29, 0.717) is 32.1 Å². The molecule has 0 saturated carbocycles. The number of primary amides is 1. The molecule has 0 aromatic carbocycles. The van der Waals surface area contributed by atoms with Gasteiger partial charge in [0, 0.05) is 5.92 Å². The number of hydrogen-bond donors (Lipinski definition) is 2. The summed E-state index contributed by atoms with van der Waals surface area (Å²) in [6.45, 7) is 7.18. The number of Topliss-reactive ketones (excluding diaryl/α,β-unsaturated/α-hetero) is 1. The van der Waals surface area contributed by atoms with E-state index in [9.17, 15) is 18.0 Å². The first kappa shape index (κ1) is 21.0. The van der Waals surface area contributed by atoms with Crippen molar-refractivity contribution in [3.05, 3.63) is 0 Å². The lowest BCUT2D eigenvalue weighted by Gasteiger charge is -2.29. The molecule has 22 heavy (non-hydrogen) atoms. The van der Waals surface area contributed by atoms with E-state index in [1.165, 1.54) is 0 Å². The zero-order valence-corrected chi connectivity index (χ0v) is 14.9. The van der Waals surface area contributed by atoms with Gasteiger partial charge in [-0.2, -0.15) is 0 Å². The zero-order chi connectivity index (χ0) is 17.6. The first-order valence-corrected chi connectivity index (χ1v) is 9.62. The highest BCUT2D eigenvalue weighted by molar-refractivity contribution is 7.92. The maximum Gasteiger partial charge on any atom is 0.246 e. The lowest BCUT2D eigenvalue weighted by molar-refractivity contribution is -0.135. The maximum atomic E-state index is 12.6. The van der Waals surface area contributed by atoms with Crippen LogP contribution in [-0.4, -0.2) is 36.6 Å². The number of rotatable bonds is 11. The molecule has 0 radical (unpaired) electrons. The molecule has 0 saturated heterocycles. The van der Waals surface area contributed by atoms with E-state index in [-0.39, 0.29) is 0 Å². The van der Waals surface area contributed by atoms with E-state index in [0.717, 1.165) is 0 Å². The van der Waals surface area contributed by atoms with Crippen molar-refractivity contribution in [1.82, 2.24) is 0 Å².